The van der Waals surface area contributed by atoms with E-state index in [1.807, 2.05) is 0 Å². The molecule has 0 aliphatic heterocycles. The van der Waals surface area contributed by atoms with Crippen molar-refractivity contribution in [3.05, 3.63) is 59.1 Å². The summed E-state index contributed by atoms with van der Waals surface area (Å²) in [6.45, 7) is 0. The second-order valence-corrected chi connectivity index (χ2v) is 8.44. The van der Waals surface area contributed by atoms with Crippen LogP contribution in [-0.4, -0.2) is 30.6 Å². The lowest BCUT2D eigenvalue weighted by atomic mass is 10.2. The number of hydrogen-bond acceptors (Lipinski definition) is 6. The van der Waals surface area contributed by atoms with Gasteiger partial charge in [0.2, 0.25) is 15.9 Å². The van der Waals surface area contributed by atoms with Crippen molar-refractivity contribution in [1.82, 2.24) is 14.9 Å². The highest BCUT2D eigenvalue weighted by atomic mass is 35.5. The number of halogens is 1. The fourth-order valence-electron chi connectivity index (χ4n) is 2.43. The molecule has 10 heteroatoms. The van der Waals surface area contributed by atoms with Crippen LogP contribution < -0.4 is 10.0 Å². The first-order valence-corrected chi connectivity index (χ1v) is 10.3. The molecule has 1 heterocycles. The molecule has 0 atom stereocenters. The maximum Gasteiger partial charge on any atom is 0.322 e. The summed E-state index contributed by atoms with van der Waals surface area (Å²) in [4.78, 5) is 12.4. The molecule has 2 N–H and O–H groups in total. The first-order valence-electron chi connectivity index (χ1n) is 8.44. The third-order valence-electron chi connectivity index (χ3n) is 4.06. The predicted molar refractivity (Wildman–Crippen MR) is 102 cm³/mol. The Labute approximate surface area is 166 Å². The zero-order chi connectivity index (χ0) is 19.7. The van der Waals surface area contributed by atoms with Crippen molar-refractivity contribution < 1.29 is 17.6 Å². The van der Waals surface area contributed by atoms with Crippen LogP contribution in [0.2, 0.25) is 5.02 Å². The molecule has 1 aliphatic carbocycles. The van der Waals surface area contributed by atoms with E-state index in [1.165, 1.54) is 24.3 Å². The number of carbonyl (C=O) groups excluding carboxylic acids is 1. The van der Waals surface area contributed by atoms with E-state index in [0.29, 0.717) is 10.6 Å². The Kier molecular flexibility index (Phi) is 4.88. The fourth-order valence-corrected chi connectivity index (χ4v) is 3.86. The first-order chi connectivity index (χ1) is 13.4. The van der Waals surface area contributed by atoms with Crippen LogP contribution in [0.3, 0.4) is 0 Å². The third-order valence-corrected chi connectivity index (χ3v) is 5.85. The second-order valence-electron chi connectivity index (χ2n) is 6.29. The normalized spacial score (nSPS) is 14.0. The topological polar surface area (TPSA) is 114 Å². The van der Waals surface area contributed by atoms with E-state index in [1.54, 1.807) is 24.3 Å². The van der Waals surface area contributed by atoms with Crippen LogP contribution in [0.1, 0.15) is 23.2 Å². The van der Waals surface area contributed by atoms with E-state index < -0.39 is 15.9 Å². The second kappa shape index (κ2) is 7.34. The Bertz CT molecular complexity index is 1110. The molecule has 0 saturated heterocycles. The molecule has 8 nitrogen and oxygen atoms in total. The Morgan fingerprint density at radius 1 is 1.04 bits per heavy atom. The molecule has 1 aromatic heterocycles. The van der Waals surface area contributed by atoms with Gasteiger partial charge >= 0.3 is 6.01 Å². The zero-order valence-corrected chi connectivity index (χ0v) is 16.0. The van der Waals surface area contributed by atoms with Crippen molar-refractivity contribution in [2.75, 3.05) is 5.32 Å². The number of benzene rings is 2. The Morgan fingerprint density at radius 2 is 1.71 bits per heavy atom. The maximum absolute atomic E-state index is 12.3. The van der Waals surface area contributed by atoms with Crippen LogP contribution >= 0.6 is 11.6 Å². The van der Waals surface area contributed by atoms with Crippen LogP contribution in [0.4, 0.5) is 6.01 Å². The molecule has 3 aromatic rings. The Hall–Kier alpha value is -2.75. The molecule has 1 amide bonds. The van der Waals surface area contributed by atoms with E-state index >= 15 is 0 Å². The number of sulfonamides is 1. The lowest BCUT2D eigenvalue weighted by molar-refractivity contribution is 0.102. The number of nitrogens with zero attached hydrogens (tertiary/aromatic N) is 2. The minimum absolute atomic E-state index is 0.0142. The maximum atomic E-state index is 12.3. The lowest BCUT2D eigenvalue weighted by Gasteiger charge is -2.06. The van der Waals surface area contributed by atoms with Crippen LogP contribution in [0.25, 0.3) is 11.5 Å². The van der Waals surface area contributed by atoms with Gasteiger partial charge in [-0.15, -0.1) is 5.10 Å². The summed E-state index contributed by atoms with van der Waals surface area (Å²) in [5, 5.41) is 10.7. The average molecular weight is 419 g/mol. The standard InChI is InChI=1S/C18H15ClN4O4S/c19-13-5-1-12(2-6-13)17-21-22-18(27-17)20-16(24)11-3-9-15(10-4-11)28(25,26)23-14-7-8-14/h1-6,9-10,14,23H,7-8H2,(H,20,22,24). The zero-order valence-electron chi connectivity index (χ0n) is 14.4. The number of rotatable bonds is 6. The third kappa shape index (κ3) is 4.22. The lowest BCUT2D eigenvalue weighted by Crippen LogP contribution is -2.25. The summed E-state index contributed by atoms with van der Waals surface area (Å²) in [5.74, 6) is -0.259. The number of nitrogens with one attached hydrogen (secondary N) is 2. The van der Waals surface area contributed by atoms with E-state index in [9.17, 15) is 13.2 Å². The highest BCUT2D eigenvalue weighted by Gasteiger charge is 2.28. The summed E-state index contributed by atoms with van der Waals surface area (Å²) in [5.41, 5.74) is 0.923. The largest absolute Gasteiger partial charge is 0.403 e. The molecule has 2 aromatic carbocycles. The van der Waals surface area contributed by atoms with Gasteiger partial charge in [0.25, 0.3) is 5.91 Å². The molecule has 1 aliphatic rings. The Balaban J connectivity index is 1.44. The highest BCUT2D eigenvalue weighted by Crippen LogP contribution is 2.23. The van der Waals surface area contributed by atoms with Gasteiger partial charge in [0.05, 0.1) is 4.90 Å². The monoisotopic (exact) mass is 418 g/mol. The summed E-state index contributed by atoms with van der Waals surface area (Å²) in [7, 11) is -3.56. The molecule has 28 heavy (non-hydrogen) atoms. The molecule has 4 rings (SSSR count). The molecule has 1 saturated carbocycles. The van der Waals surface area contributed by atoms with Crippen molar-refractivity contribution in [3.63, 3.8) is 0 Å². The molecular formula is C18H15ClN4O4S. The van der Waals surface area contributed by atoms with E-state index in [2.05, 4.69) is 20.2 Å². The highest BCUT2D eigenvalue weighted by molar-refractivity contribution is 7.89. The van der Waals surface area contributed by atoms with Gasteiger partial charge in [0, 0.05) is 22.2 Å². The molecular weight excluding hydrogens is 404 g/mol. The molecule has 144 valence electrons. The van der Waals surface area contributed by atoms with Crippen LogP contribution in [0, 0.1) is 0 Å². The molecule has 0 unspecified atom stereocenters. The Morgan fingerprint density at radius 3 is 2.36 bits per heavy atom. The van der Waals surface area contributed by atoms with Gasteiger partial charge < -0.3 is 4.42 Å². The summed E-state index contributed by atoms with van der Waals surface area (Å²) >= 11 is 5.84. The van der Waals surface area contributed by atoms with Crippen molar-refractivity contribution in [2.24, 2.45) is 0 Å². The van der Waals surface area contributed by atoms with E-state index in [0.717, 1.165) is 12.8 Å². The average Bonchev–Trinajstić information content (AvgIpc) is 3.36. The van der Waals surface area contributed by atoms with Gasteiger partial charge in [0.1, 0.15) is 0 Å². The predicted octanol–water partition coefficient (Wildman–Crippen LogP) is 3.08. The molecule has 0 bridgehead atoms. The van der Waals surface area contributed by atoms with Gasteiger partial charge in [-0.05, 0) is 61.4 Å². The van der Waals surface area contributed by atoms with Gasteiger partial charge in [0.15, 0.2) is 0 Å². The quantitative estimate of drug-likeness (QED) is 0.635. The van der Waals surface area contributed by atoms with Crippen LogP contribution in [-0.2, 0) is 10.0 Å². The minimum atomic E-state index is -3.56. The smallest absolute Gasteiger partial charge is 0.322 e. The van der Waals surface area contributed by atoms with Crippen molar-refractivity contribution in [2.45, 2.75) is 23.8 Å². The van der Waals surface area contributed by atoms with Crippen molar-refractivity contribution >= 4 is 33.5 Å². The van der Waals surface area contributed by atoms with E-state index in [-0.39, 0.29) is 28.4 Å². The summed E-state index contributed by atoms with van der Waals surface area (Å²) in [6, 6.07) is 12.4. The van der Waals surface area contributed by atoms with E-state index in [4.69, 9.17) is 16.0 Å². The SMILES string of the molecule is O=C(Nc1nnc(-c2ccc(Cl)cc2)o1)c1ccc(S(=O)(=O)NC2CC2)cc1. The number of carbonyl (C=O) groups is 1. The van der Waals surface area contributed by atoms with Gasteiger partial charge in [-0.25, -0.2) is 13.1 Å². The van der Waals surface area contributed by atoms with Gasteiger partial charge in [-0.1, -0.05) is 16.7 Å². The van der Waals surface area contributed by atoms with Crippen LogP contribution in [0.5, 0.6) is 0 Å². The number of aromatic nitrogens is 2. The number of amides is 1. The minimum Gasteiger partial charge on any atom is -0.403 e. The molecule has 0 spiro atoms. The number of hydrogen-bond donors (Lipinski definition) is 2. The van der Waals surface area contributed by atoms with Gasteiger partial charge in [-0.3, -0.25) is 10.1 Å². The first kappa shape index (κ1) is 18.6. The number of anilines is 1. The molecule has 0 radical (unpaired) electrons. The van der Waals surface area contributed by atoms with Crippen molar-refractivity contribution in [3.8, 4) is 11.5 Å². The summed E-state index contributed by atoms with van der Waals surface area (Å²) in [6.07, 6.45) is 1.70. The van der Waals surface area contributed by atoms with Crippen LogP contribution in [0.15, 0.2) is 57.8 Å². The molecule has 1 fully saturated rings. The summed E-state index contributed by atoms with van der Waals surface area (Å²) < 4.78 is 32.3. The van der Waals surface area contributed by atoms with Gasteiger partial charge in [-0.2, -0.15) is 0 Å². The van der Waals surface area contributed by atoms with Crippen molar-refractivity contribution in [1.29, 1.82) is 0 Å². The fraction of sp³-hybridized carbons (Fsp3) is 0.167.